The van der Waals surface area contributed by atoms with E-state index >= 15 is 0 Å². The highest BCUT2D eigenvalue weighted by atomic mass is 32.2. The Bertz CT molecular complexity index is 725. The average Bonchev–Trinajstić information content (AvgIpc) is 2.67. The lowest BCUT2D eigenvalue weighted by Gasteiger charge is -2.43. The van der Waals surface area contributed by atoms with Crippen molar-refractivity contribution in [3.8, 4) is 17.2 Å². The van der Waals surface area contributed by atoms with E-state index in [4.69, 9.17) is 18.9 Å². The zero-order valence-electron chi connectivity index (χ0n) is 14.6. The summed E-state index contributed by atoms with van der Waals surface area (Å²) in [6.45, 7) is -0.485. The van der Waals surface area contributed by atoms with E-state index < -0.39 is 42.4 Å². The van der Waals surface area contributed by atoms with Crippen molar-refractivity contribution >= 4 is 23.8 Å². The van der Waals surface area contributed by atoms with Gasteiger partial charge in [0.2, 0.25) is 5.75 Å². The van der Waals surface area contributed by atoms with Crippen molar-refractivity contribution in [3.63, 3.8) is 0 Å². The minimum Gasteiger partial charge on any atom is -0.502 e. The normalized spacial score (nSPS) is 32.0. The van der Waals surface area contributed by atoms with E-state index in [1.807, 2.05) is 0 Å². The van der Waals surface area contributed by atoms with E-state index in [0.29, 0.717) is 5.56 Å². The lowest BCUT2D eigenvalue weighted by Crippen LogP contribution is -2.60. The molecule has 10 heteroatoms. The fraction of sp³-hybridized carbons (Fsp3) is 0.471. The Labute approximate surface area is 159 Å². The Kier molecular flexibility index (Phi) is 5.82. The molecule has 2 heterocycles. The van der Waals surface area contributed by atoms with Crippen LogP contribution in [0.1, 0.15) is 5.56 Å². The van der Waals surface area contributed by atoms with E-state index in [0.717, 1.165) is 11.8 Å². The number of esters is 1. The van der Waals surface area contributed by atoms with Crippen LogP contribution >= 0.6 is 11.8 Å². The minimum absolute atomic E-state index is 0.167. The van der Waals surface area contributed by atoms with Gasteiger partial charge in [-0.3, -0.25) is 0 Å². The molecule has 0 amide bonds. The average molecular weight is 400 g/mol. The van der Waals surface area contributed by atoms with Gasteiger partial charge >= 0.3 is 5.97 Å². The molecule has 4 N–H and O–H groups in total. The molecule has 5 unspecified atom stereocenters. The van der Waals surface area contributed by atoms with E-state index in [1.54, 1.807) is 0 Å². The third-order valence-electron chi connectivity index (χ3n) is 4.31. The highest BCUT2D eigenvalue weighted by Gasteiger charge is 2.50. The number of aliphatic hydroxyl groups excluding tert-OH is 3. The maximum atomic E-state index is 12.3. The summed E-state index contributed by atoms with van der Waals surface area (Å²) in [6, 6.07) is 3.03. The van der Waals surface area contributed by atoms with Crippen LogP contribution in [0, 0.1) is 0 Å². The van der Waals surface area contributed by atoms with E-state index in [-0.39, 0.29) is 22.2 Å². The summed E-state index contributed by atoms with van der Waals surface area (Å²) in [4.78, 5) is 12.5. The third-order valence-corrected chi connectivity index (χ3v) is 5.46. The molecule has 27 heavy (non-hydrogen) atoms. The van der Waals surface area contributed by atoms with Crippen LogP contribution in [0.25, 0.3) is 6.08 Å². The summed E-state index contributed by atoms with van der Waals surface area (Å²) in [6.07, 6.45) is -3.27. The van der Waals surface area contributed by atoms with Gasteiger partial charge in [0.15, 0.2) is 17.6 Å². The standard InChI is InChI=1S/C17H20O9S/c1-23-8-3-7(4-9(24-2)12(8)19)5-11-16(22)26-15-14(21)13(20)10(6-18)25-17(15)27-11/h3-5,10,13-15,17-21H,6H2,1-2H3. The van der Waals surface area contributed by atoms with Crippen LogP contribution in [-0.4, -0.2) is 77.1 Å². The largest absolute Gasteiger partial charge is 0.502 e. The molecule has 5 atom stereocenters. The Morgan fingerprint density at radius 2 is 1.81 bits per heavy atom. The summed E-state index contributed by atoms with van der Waals surface area (Å²) in [7, 11) is 2.77. The predicted molar refractivity (Wildman–Crippen MR) is 94.4 cm³/mol. The lowest BCUT2D eigenvalue weighted by atomic mass is 10.00. The molecule has 1 aromatic carbocycles. The van der Waals surface area contributed by atoms with Crippen LogP contribution in [0.15, 0.2) is 17.0 Å². The van der Waals surface area contributed by atoms with Gasteiger partial charge < -0.3 is 39.4 Å². The molecule has 148 valence electrons. The monoisotopic (exact) mass is 400 g/mol. The summed E-state index contributed by atoms with van der Waals surface area (Å²) in [5, 5.41) is 39.3. The summed E-state index contributed by atoms with van der Waals surface area (Å²) in [5.41, 5.74) is -0.278. The SMILES string of the molecule is COc1cc(C=C2SC3OC(CO)C(O)C(O)C3OC2=O)cc(OC)c1O. The number of aliphatic hydroxyl groups is 3. The minimum atomic E-state index is -1.37. The van der Waals surface area contributed by atoms with Gasteiger partial charge in [0.1, 0.15) is 23.7 Å². The van der Waals surface area contributed by atoms with Crippen LogP contribution in [0.2, 0.25) is 0 Å². The van der Waals surface area contributed by atoms with Gasteiger partial charge in [-0.1, -0.05) is 11.8 Å². The molecule has 9 nitrogen and oxygen atoms in total. The first-order chi connectivity index (χ1) is 12.9. The fourth-order valence-electron chi connectivity index (χ4n) is 2.87. The fourth-order valence-corrected chi connectivity index (χ4v) is 4.02. The number of fused-ring (bicyclic) bond motifs is 1. The van der Waals surface area contributed by atoms with Crippen molar-refractivity contribution in [2.24, 2.45) is 0 Å². The number of aromatic hydroxyl groups is 1. The quantitative estimate of drug-likeness (QED) is 0.399. The third kappa shape index (κ3) is 3.71. The van der Waals surface area contributed by atoms with E-state index in [9.17, 15) is 25.2 Å². The maximum absolute atomic E-state index is 12.3. The molecule has 0 aliphatic carbocycles. The van der Waals surface area contributed by atoms with Gasteiger partial charge in [0.05, 0.1) is 25.7 Å². The smallest absolute Gasteiger partial charge is 0.345 e. The molecular formula is C17H20O9S. The second-order valence-corrected chi connectivity index (χ2v) is 7.12. The number of carbonyl (C=O) groups excluding carboxylic acids is 1. The molecule has 2 aliphatic rings. The first-order valence-electron chi connectivity index (χ1n) is 8.06. The van der Waals surface area contributed by atoms with Crippen molar-refractivity contribution in [1.29, 1.82) is 0 Å². The molecule has 2 saturated heterocycles. The number of ether oxygens (including phenoxy) is 4. The molecule has 0 radical (unpaired) electrons. The first-order valence-corrected chi connectivity index (χ1v) is 8.94. The molecule has 1 aromatic rings. The Hall–Kier alpha value is -1.98. The van der Waals surface area contributed by atoms with Crippen LogP contribution in [0.4, 0.5) is 0 Å². The molecule has 3 rings (SSSR count). The molecule has 0 bridgehead atoms. The molecule has 0 saturated carbocycles. The summed E-state index contributed by atoms with van der Waals surface area (Å²) < 4.78 is 21.0. The number of rotatable bonds is 4. The van der Waals surface area contributed by atoms with Gasteiger partial charge in [-0.2, -0.15) is 0 Å². The zero-order chi connectivity index (χ0) is 19.7. The number of benzene rings is 1. The molecule has 2 aliphatic heterocycles. The van der Waals surface area contributed by atoms with Gasteiger partial charge in [0, 0.05) is 0 Å². The molecule has 0 aromatic heterocycles. The predicted octanol–water partition coefficient (Wildman–Crippen LogP) is -0.152. The Morgan fingerprint density at radius 1 is 1.19 bits per heavy atom. The van der Waals surface area contributed by atoms with Crippen LogP contribution < -0.4 is 9.47 Å². The second kappa shape index (κ2) is 7.95. The van der Waals surface area contributed by atoms with Gasteiger partial charge in [-0.15, -0.1) is 0 Å². The lowest BCUT2D eigenvalue weighted by molar-refractivity contribution is -0.219. The van der Waals surface area contributed by atoms with E-state index in [2.05, 4.69) is 0 Å². The highest BCUT2D eigenvalue weighted by molar-refractivity contribution is 8.04. The Morgan fingerprint density at radius 3 is 2.37 bits per heavy atom. The maximum Gasteiger partial charge on any atom is 0.345 e. The summed E-state index contributed by atoms with van der Waals surface area (Å²) in [5.74, 6) is -0.522. The van der Waals surface area contributed by atoms with Crippen molar-refractivity contribution in [2.75, 3.05) is 20.8 Å². The van der Waals surface area contributed by atoms with Gasteiger partial charge in [0.25, 0.3) is 0 Å². The Balaban J connectivity index is 1.89. The van der Waals surface area contributed by atoms with Gasteiger partial charge in [-0.05, 0) is 23.8 Å². The van der Waals surface area contributed by atoms with Crippen LogP contribution in [0.3, 0.4) is 0 Å². The first kappa shape index (κ1) is 19.8. The van der Waals surface area contributed by atoms with Crippen LogP contribution in [-0.2, 0) is 14.3 Å². The highest BCUT2D eigenvalue weighted by Crippen LogP contribution is 2.42. The van der Waals surface area contributed by atoms with Crippen molar-refractivity contribution in [1.82, 2.24) is 0 Å². The molecular weight excluding hydrogens is 380 g/mol. The van der Waals surface area contributed by atoms with Crippen molar-refractivity contribution < 1.29 is 44.2 Å². The number of hydrogen-bond donors (Lipinski definition) is 4. The topological polar surface area (TPSA) is 135 Å². The number of phenols is 1. The van der Waals surface area contributed by atoms with E-state index in [1.165, 1.54) is 32.4 Å². The molecule has 0 spiro atoms. The van der Waals surface area contributed by atoms with Crippen molar-refractivity contribution in [2.45, 2.75) is 29.9 Å². The number of hydrogen-bond acceptors (Lipinski definition) is 10. The second-order valence-electron chi connectivity index (χ2n) is 5.98. The number of thioether (sulfide) groups is 1. The van der Waals surface area contributed by atoms with Crippen molar-refractivity contribution in [3.05, 3.63) is 22.6 Å². The molecule has 2 fully saturated rings. The zero-order valence-corrected chi connectivity index (χ0v) is 15.4. The van der Waals surface area contributed by atoms with Crippen LogP contribution in [0.5, 0.6) is 17.2 Å². The summed E-state index contributed by atoms with van der Waals surface area (Å²) >= 11 is 1.01. The number of carbonyl (C=O) groups is 1. The number of methoxy groups -OCH3 is 2. The number of phenolic OH excluding ortho intramolecular Hbond substituents is 1. The van der Waals surface area contributed by atoms with Gasteiger partial charge in [-0.25, -0.2) is 4.79 Å².